The minimum atomic E-state index is -0.241. The molecule has 0 aromatic rings. The summed E-state index contributed by atoms with van der Waals surface area (Å²) in [5, 5.41) is 12.5. The molecule has 1 aliphatic carbocycles. The average Bonchev–Trinajstić information content (AvgIpc) is 2.15. The number of nitrogens with two attached hydrogens (primary N) is 1. The molecule has 0 saturated heterocycles. The van der Waals surface area contributed by atoms with Crippen molar-refractivity contribution < 1.29 is 9.90 Å². The number of nitrogens with one attached hydrogen (secondary N) is 1. The predicted octanol–water partition coefficient (Wildman–Crippen LogP) is 0.391. The number of aliphatic hydroxyl groups excluding tert-OH is 1. The summed E-state index contributed by atoms with van der Waals surface area (Å²) in [5.41, 5.74) is 5.52. The number of aliphatic hydroxyl groups is 1. The maximum atomic E-state index is 11.3. The Bertz CT molecular complexity index is 207. The van der Waals surface area contributed by atoms with Crippen LogP contribution < -0.4 is 11.1 Å². The topological polar surface area (TPSA) is 75.4 Å². The van der Waals surface area contributed by atoms with Gasteiger partial charge in [-0.3, -0.25) is 4.79 Å². The van der Waals surface area contributed by atoms with Crippen LogP contribution in [0.2, 0.25) is 0 Å². The summed E-state index contributed by atoms with van der Waals surface area (Å²) in [6.07, 6.45) is 4.27. The van der Waals surface area contributed by atoms with E-state index in [0.29, 0.717) is 13.0 Å². The van der Waals surface area contributed by atoms with E-state index in [1.54, 1.807) is 0 Å². The van der Waals surface area contributed by atoms with Gasteiger partial charge in [-0.2, -0.15) is 0 Å². The van der Waals surface area contributed by atoms with Crippen LogP contribution in [0.15, 0.2) is 0 Å². The van der Waals surface area contributed by atoms with Crippen LogP contribution in [-0.4, -0.2) is 29.7 Å². The van der Waals surface area contributed by atoms with Gasteiger partial charge in [0.15, 0.2) is 0 Å². The number of carbonyl (C=O) groups excluding carboxylic acids is 1. The molecule has 0 radical (unpaired) electrons. The van der Waals surface area contributed by atoms with Gasteiger partial charge in [-0.05, 0) is 19.8 Å². The highest BCUT2D eigenvalue weighted by Gasteiger charge is 2.23. The molecule has 1 aliphatic rings. The van der Waals surface area contributed by atoms with Crippen molar-refractivity contribution in [3.05, 3.63) is 0 Å². The molecule has 1 saturated carbocycles. The zero-order valence-corrected chi connectivity index (χ0v) is 9.41. The molecule has 0 aliphatic heterocycles. The van der Waals surface area contributed by atoms with Crippen LogP contribution in [0.5, 0.6) is 0 Å². The van der Waals surface area contributed by atoms with E-state index in [1.807, 2.05) is 6.92 Å². The van der Waals surface area contributed by atoms with Gasteiger partial charge >= 0.3 is 0 Å². The maximum Gasteiger partial charge on any atom is 0.221 e. The summed E-state index contributed by atoms with van der Waals surface area (Å²) in [6.45, 7) is 2.40. The second-order valence-corrected chi connectivity index (χ2v) is 4.60. The lowest BCUT2D eigenvalue weighted by Crippen LogP contribution is -2.38. The standard InChI is InChI=1S/C11H22N2O2/c1-8(12)6-11(15)13-7-9-4-2-3-5-10(9)14/h8-10,14H,2-7,12H2,1H3,(H,13,15). The summed E-state index contributed by atoms with van der Waals surface area (Å²) < 4.78 is 0. The lowest BCUT2D eigenvalue weighted by atomic mass is 9.86. The van der Waals surface area contributed by atoms with Crippen molar-refractivity contribution in [1.29, 1.82) is 0 Å². The Balaban J connectivity index is 2.20. The Kier molecular flexibility index (Phi) is 5.05. The molecule has 0 aromatic heterocycles. The molecule has 0 bridgehead atoms. The minimum absolute atomic E-state index is 0.0113. The highest BCUT2D eigenvalue weighted by molar-refractivity contribution is 5.76. The van der Waals surface area contributed by atoms with Crippen molar-refractivity contribution in [2.45, 2.75) is 51.2 Å². The van der Waals surface area contributed by atoms with E-state index in [-0.39, 0.29) is 24.0 Å². The molecular weight excluding hydrogens is 192 g/mol. The van der Waals surface area contributed by atoms with E-state index in [2.05, 4.69) is 5.32 Å². The SMILES string of the molecule is CC(N)CC(=O)NCC1CCCCC1O. The van der Waals surface area contributed by atoms with Crippen LogP contribution in [0.3, 0.4) is 0 Å². The molecular formula is C11H22N2O2. The van der Waals surface area contributed by atoms with Gasteiger partial charge in [0.1, 0.15) is 0 Å². The van der Waals surface area contributed by atoms with Crippen molar-refractivity contribution in [3.8, 4) is 0 Å². The number of amides is 1. The minimum Gasteiger partial charge on any atom is -0.393 e. The van der Waals surface area contributed by atoms with Crippen LogP contribution in [0.25, 0.3) is 0 Å². The summed E-state index contributed by atoms with van der Waals surface area (Å²) in [5.74, 6) is 0.221. The average molecular weight is 214 g/mol. The Morgan fingerprint density at radius 2 is 2.20 bits per heavy atom. The number of hydrogen-bond donors (Lipinski definition) is 3. The van der Waals surface area contributed by atoms with Crippen LogP contribution in [-0.2, 0) is 4.79 Å². The van der Waals surface area contributed by atoms with Gasteiger partial charge in [0.25, 0.3) is 0 Å². The highest BCUT2D eigenvalue weighted by atomic mass is 16.3. The third kappa shape index (κ3) is 4.62. The maximum absolute atomic E-state index is 11.3. The predicted molar refractivity (Wildman–Crippen MR) is 59.2 cm³/mol. The Morgan fingerprint density at radius 3 is 2.80 bits per heavy atom. The van der Waals surface area contributed by atoms with E-state index < -0.39 is 0 Å². The van der Waals surface area contributed by atoms with Crippen molar-refractivity contribution in [2.24, 2.45) is 11.7 Å². The van der Waals surface area contributed by atoms with Crippen LogP contribution in [0.1, 0.15) is 39.0 Å². The van der Waals surface area contributed by atoms with Gasteiger partial charge in [-0.1, -0.05) is 12.8 Å². The molecule has 0 aromatic carbocycles. The largest absolute Gasteiger partial charge is 0.393 e. The summed E-state index contributed by atoms with van der Waals surface area (Å²) in [7, 11) is 0. The van der Waals surface area contributed by atoms with E-state index >= 15 is 0 Å². The first kappa shape index (κ1) is 12.5. The molecule has 4 heteroatoms. The van der Waals surface area contributed by atoms with E-state index in [1.165, 1.54) is 0 Å². The van der Waals surface area contributed by atoms with Gasteiger partial charge in [0, 0.05) is 24.9 Å². The Labute approximate surface area is 91.2 Å². The second kappa shape index (κ2) is 6.08. The monoisotopic (exact) mass is 214 g/mol. The number of hydrogen-bond acceptors (Lipinski definition) is 3. The van der Waals surface area contributed by atoms with Crippen LogP contribution in [0.4, 0.5) is 0 Å². The first-order chi connectivity index (χ1) is 7.09. The first-order valence-corrected chi connectivity index (χ1v) is 5.80. The van der Waals surface area contributed by atoms with Gasteiger partial charge in [0.2, 0.25) is 5.91 Å². The van der Waals surface area contributed by atoms with Gasteiger partial charge in [-0.15, -0.1) is 0 Å². The summed E-state index contributed by atoms with van der Waals surface area (Å²) in [6, 6.07) is -0.0960. The first-order valence-electron chi connectivity index (χ1n) is 5.80. The van der Waals surface area contributed by atoms with Crippen molar-refractivity contribution in [3.63, 3.8) is 0 Å². The van der Waals surface area contributed by atoms with E-state index in [4.69, 9.17) is 5.73 Å². The molecule has 1 amide bonds. The Hall–Kier alpha value is -0.610. The third-order valence-corrected chi connectivity index (χ3v) is 2.94. The zero-order valence-electron chi connectivity index (χ0n) is 9.41. The second-order valence-electron chi connectivity index (χ2n) is 4.60. The van der Waals surface area contributed by atoms with Gasteiger partial charge in [-0.25, -0.2) is 0 Å². The molecule has 1 rings (SSSR count). The summed E-state index contributed by atoms with van der Waals surface area (Å²) in [4.78, 5) is 11.3. The fraction of sp³-hybridized carbons (Fsp3) is 0.909. The quantitative estimate of drug-likeness (QED) is 0.633. The number of rotatable bonds is 4. The molecule has 15 heavy (non-hydrogen) atoms. The van der Waals surface area contributed by atoms with Crippen LogP contribution >= 0.6 is 0 Å². The molecule has 0 heterocycles. The van der Waals surface area contributed by atoms with Gasteiger partial charge in [0.05, 0.1) is 6.10 Å². The molecule has 4 N–H and O–H groups in total. The molecule has 0 spiro atoms. The number of carbonyl (C=O) groups is 1. The lowest BCUT2D eigenvalue weighted by molar-refractivity contribution is -0.121. The zero-order chi connectivity index (χ0) is 11.3. The molecule has 3 unspecified atom stereocenters. The molecule has 3 atom stereocenters. The van der Waals surface area contributed by atoms with Crippen molar-refractivity contribution >= 4 is 5.91 Å². The lowest BCUT2D eigenvalue weighted by Gasteiger charge is -2.27. The smallest absolute Gasteiger partial charge is 0.221 e. The Morgan fingerprint density at radius 1 is 1.53 bits per heavy atom. The van der Waals surface area contributed by atoms with E-state index in [0.717, 1.165) is 25.7 Å². The molecule has 88 valence electrons. The summed E-state index contributed by atoms with van der Waals surface area (Å²) >= 11 is 0. The van der Waals surface area contributed by atoms with Gasteiger partial charge < -0.3 is 16.2 Å². The molecule has 1 fully saturated rings. The normalized spacial score (nSPS) is 28.5. The van der Waals surface area contributed by atoms with Crippen molar-refractivity contribution in [1.82, 2.24) is 5.32 Å². The fourth-order valence-electron chi connectivity index (χ4n) is 2.04. The van der Waals surface area contributed by atoms with Crippen molar-refractivity contribution in [2.75, 3.05) is 6.54 Å². The molecule has 4 nitrogen and oxygen atoms in total. The van der Waals surface area contributed by atoms with Crippen LogP contribution in [0, 0.1) is 5.92 Å². The third-order valence-electron chi connectivity index (χ3n) is 2.94. The van der Waals surface area contributed by atoms with E-state index in [9.17, 15) is 9.90 Å². The highest BCUT2D eigenvalue weighted by Crippen LogP contribution is 2.23. The fourth-order valence-corrected chi connectivity index (χ4v) is 2.04.